The fraction of sp³-hybridized carbons (Fsp3) is 0.400. The fourth-order valence-corrected chi connectivity index (χ4v) is 2.80. The SMILES string of the molecule is CCC1CN(C(C)=O)N=C1c1ccc(OCC(=O)O)c(Cl)c1Cl. The Kier molecular flexibility index (Phi) is 5.49. The van der Waals surface area contributed by atoms with E-state index in [9.17, 15) is 9.59 Å². The number of aliphatic carboxylic acids is 1. The molecular weight excluding hydrogens is 343 g/mol. The second kappa shape index (κ2) is 7.19. The summed E-state index contributed by atoms with van der Waals surface area (Å²) in [7, 11) is 0. The lowest BCUT2D eigenvalue weighted by atomic mass is 9.95. The average molecular weight is 359 g/mol. The van der Waals surface area contributed by atoms with Crippen molar-refractivity contribution < 1.29 is 19.4 Å². The molecule has 8 heteroatoms. The molecule has 0 bridgehead atoms. The number of amides is 1. The van der Waals surface area contributed by atoms with E-state index < -0.39 is 12.6 Å². The highest BCUT2D eigenvalue weighted by atomic mass is 35.5. The quantitative estimate of drug-likeness (QED) is 0.876. The van der Waals surface area contributed by atoms with Crippen LogP contribution in [0.4, 0.5) is 0 Å². The molecule has 1 aliphatic rings. The minimum atomic E-state index is -1.11. The third kappa shape index (κ3) is 3.76. The summed E-state index contributed by atoms with van der Waals surface area (Å²) in [5.41, 5.74) is 1.31. The smallest absolute Gasteiger partial charge is 0.341 e. The second-order valence-corrected chi connectivity index (χ2v) is 5.87. The topological polar surface area (TPSA) is 79.2 Å². The monoisotopic (exact) mass is 358 g/mol. The van der Waals surface area contributed by atoms with Crippen molar-refractivity contribution in [3.63, 3.8) is 0 Å². The molecule has 0 saturated heterocycles. The zero-order valence-corrected chi connectivity index (χ0v) is 14.2. The van der Waals surface area contributed by atoms with Gasteiger partial charge in [0.1, 0.15) is 10.8 Å². The lowest BCUT2D eigenvalue weighted by molar-refractivity contribution is -0.139. The van der Waals surface area contributed by atoms with Crippen molar-refractivity contribution >= 4 is 40.8 Å². The Hall–Kier alpha value is -1.79. The lowest BCUT2D eigenvalue weighted by Gasteiger charge is -2.14. The van der Waals surface area contributed by atoms with Gasteiger partial charge >= 0.3 is 5.97 Å². The highest BCUT2D eigenvalue weighted by Crippen LogP contribution is 2.37. The van der Waals surface area contributed by atoms with Crippen molar-refractivity contribution in [1.82, 2.24) is 5.01 Å². The lowest BCUT2D eigenvalue weighted by Crippen LogP contribution is -2.23. The summed E-state index contributed by atoms with van der Waals surface area (Å²) in [6.45, 7) is 3.46. The number of hydrogen-bond acceptors (Lipinski definition) is 4. The number of benzene rings is 1. The Morgan fingerprint density at radius 2 is 2.09 bits per heavy atom. The molecule has 1 N–H and O–H groups in total. The van der Waals surface area contributed by atoms with Gasteiger partial charge in [-0.05, 0) is 18.6 Å². The van der Waals surface area contributed by atoms with Gasteiger partial charge in [0.25, 0.3) is 0 Å². The fourth-order valence-electron chi connectivity index (χ4n) is 2.32. The third-order valence-corrected chi connectivity index (χ3v) is 4.40. The highest BCUT2D eigenvalue weighted by molar-refractivity contribution is 6.45. The Bertz CT molecular complexity index is 676. The van der Waals surface area contributed by atoms with Gasteiger partial charge in [-0.25, -0.2) is 9.80 Å². The van der Waals surface area contributed by atoms with E-state index >= 15 is 0 Å². The van der Waals surface area contributed by atoms with Crippen LogP contribution in [-0.4, -0.2) is 40.9 Å². The van der Waals surface area contributed by atoms with Crippen LogP contribution in [0.15, 0.2) is 17.2 Å². The molecule has 1 unspecified atom stereocenters. The standard InChI is InChI=1S/C15H16Cl2N2O4/c1-3-9-6-19(8(2)20)18-15(9)10-4-5-11(14(17)13(10)16)23-7-12(21)22/h4-5,9H,3,6-7H2,1-2H3,(H,21,22). The van der Waals surface area contributed by atoms with E-state index in [-0.39, 0.29) is 27.6 Å². The molecule has 1 aromatic carbocycles. The molecule has 1 atom stereocenters. The molecule has 1 heterocycles. The number of nitrogens with zero attached hydrogens (tertiary/aromatic N) is 2. The number of hydrogen-bond donors (Lipinski definition) is 1. The first-order chi connectivity index (χ1) is 10.8. The van der Waals surface area contributed by atoms with Crippen LogP contribution < -0.4 is 4.74 Å². The predicted octanol–water partition coefficient (Wildman–Crippen LogP) is 3.05. The number of carbonyl (C=O) groups excluding carboxylic acids is 1. The molecule has 0 fully saturated rings. The van der Waals surface area contributed by atoms with Crippen LogP contribution in [0, 0.1) is 5.92 Å². The average Bonchev–Trinajstić information content (AvgIpc) is 2.93. The molecule has 1 aromatic rings. The van der Waals surface area contributed by atoms with Crippen LogP contribution in [-0.2, 0) is 9.59 Å². The molecule has 23 heavy (non-hydrogen) atoms. The Balaban J connectivity index is 2.36. The molecule has 2 rings (SSSR count). The number of halogens is 2. The van der Waals surface area contributed by atoms with Crippen LogP contribution >= 0.6 is 23.2 Å². The summed E-state index contributed by atoms with van der Waals surface area (Å²) >= 11 is 12.5. The van der Waals surface area contributed by atoms with Gasteiger partial charge in [0.15, 0.2) is 6.61 Å². The van der Waals surface area contributed by atoms with E-state index in [0.717, 1.165) is 6.42 Å². The van der Waals surface area contributed by atoms with E-state index in [2.05, 4.69) is 5.10 Å². The summed E-state index contributed by atoms with van der Waals surface area (Å²) in [5.74, 6) is -0.984. The van der Waals surface area contributed by atoms with E-state index in [1.165, 1.54) is 11.9 Å². The van der Waals surface area contributed by atoms with E-state index in [4.69, 9.17) is 33.0 Å². The Morgan fingerprint density at radius 1 is 1.39 bits per heavy atom. The summed E-state index contributed by atoms with van der Waals surface area (Å²) in [6, 6.07) is 3.23. The molecule has 6 nitrogen and oxygen atoms in total. The number of carboxylic acids is 1. The maximum atomic E-state index is 11.5. The minimum absolute atomic E-state index is 0.0678. The molecule has 0 aliphatic carbocycles. The van der Waals surface area contributed by atoms with Gasteiger partial charge in [-0.2, -0.15) is 5.10 Å². The third-order valence-electron chi connectivity index (χ3n) is 3.54. The van der Waals surface area contributed by atoms with E-state index in [1.807, 2.05) is 6.92 Å². The number of carboxylic acid groups (broad SMARTS) is 1. The van der Waals surface area contributed by atoms with Gasteiger partial charge in [-0.1, -0.05) is 30.1 Å². The predicted molar refractivity (Wildman–Crippen MR) is 87.3 cm³/mol. The number of carbonyl (C=O) groups is 2. The number of ether oxygens (including phenoxy) is 1. The second-order valence-electron chi connectivity index (χ2n) is 5.11. The molecule has 0 spiro atoms. The molecule has 124 valence electrons. The van der Waals surface area contributed by atoms with Crippen LogP contribution in [0.2, 0.25) is 10.0 Å². The number of rotatable bonds is 5. The number of hydrazone groups is 1. The van der Waals surface area contributed by atoms with Gasteiger partial charge in [0.05, 0.1) is 17.3 Å². The zero-order chi connectivity index (χ0) is 17.1. The summed E-state index contributed by atoms with van der Waals surface area (Å²) in [4.78, 5) is 22.1. The first-order valence-electron chi connectivity index (χ1n) is 7.04. The van der Waals surface area contributed by atoms with Gasteiger partial charge in [-0.15, -0.1) is 0 Å². The molecule has 1 aliphatic heterocycles. The maximum Gasteiger partial charge on any atom is 0.341 e. The summed E-state index contributed by atoms with van der Waals surface area (Å²) < 4.78 is 5.09. The zero-order valence-electron chi connectivity index (χ0n) is 12.7. The van der Waals surface area contributed by atoms with Gasteiger partial charge in [0.2, 0.25) is 5.91 Å². The summed E-state index contributed by atoms with van der Waals surface area (Å²) in [5, 5.41) is 14.8. The molecular formula is C15H16Cl2N2O4. The highest BCUT2D eigenvalue weighted by Gasteiger charge is 2.30. The van der Waals surface area contributed by atoms with Gasteiger partial charge in [-0.3, -0.25) is 4.79 Å². The van der Waals surface area contributed by atoms with Gasteiger partial charge in [0, 0.05) is 18.4 Å². The molecule has 0 radical (unpaired) electrons. The van der Waals surface area contributed by atoms with Crippen molar-refractivity contribution in [2.24, 2.45) is 11.0 Å². The van der Waals surface area contributed by atoms with E-state index in [0.29, 0.717) is 17.8 Å². The summed E-state index contributed by atoms with van der Waals surface area (Å²) in [6.07, 6.45) is 0.799. The molecule has 0 aromatic heterocycles. The van der Waals surface area contributed by atoms with Crippen molar-refractivity contribution in [2.45, 2.75) is 20.3 Å². The van der Waals surface area contributed by atoms with Crippen LogP contribution in [0.1, 0.15) is 25.8 Å². The largest absolute Gasteiger partial charge is 0.480 e. The van der Waals surface area contributed by atoms with Crippen molar-refractivity contribution in [1.29, 1.82) is 0 Å². The molecule has 1 amide bonds. The Labute approximate surface area is 143 Å². The normalized spacial score (nSPS) is 17.1. The van der Waals surface area contributed by atoms with Gasteiger partial charge < -0.3 is 9.84 Å². The maximum absolute atomic E-state index is 11.5. The first kappa shape index (κ1) is 17.6. The molecule has 0 saturated carbocycles. The Morgan fingerprint density at radius 3 is 2.65 bits per heavy atom. The van der Waals surface area contributed by atoms with Crippen LogP contribution in [0.25, 0.3) is 0 Å². The van der Waals surface area contributed by atoms with Crippen LogP contribution in [0.5, 0.6) is 5.75 Å². The van der Waals surface area contributed by atoms with Crippen molar-refractivity contribution in [2.75, 3.05) is 13.2 Å². The van der Waals surface area contributed by atoms with Crippen LogP contribution in [0.3, 0.4) is 0 Å². The minimum Gasteiger partial charge on any atom is -0.480 e. The first-order valence-corrected chi connectivity index (χ1v) is 7.80. The van der Waals surface area contributed by atoms with Crippen molar-refractivity contribution in [3.8, 4) is 5.75 Å². The van der Waals surface area contributed by atoms with Crippen molar-refractivity contribution in [3.05, 3.63) is 27.7 Å². The van der Waals surface area contributed by atoms with E-state index in [1.54, 1.807) is 12.1 Å².